The van der Waals surface area contributed by atoms with Crippen molar-refractivity contribution in [2.45, 2.75) is 33.1 Å². The maximum Gasteiger partial charge on any atom is 0.227 e. The monoisotopic (exact) mass is 360 g/mol. The molecule has 0 bridgehead atoms. The summed E-state index contributed by atoms with van der Waals surface area (Å²) < 4.78 is 0. The fourth-order valence-electron chi connectivity index (χ4n) is 1.33. The number of carbonyl (C=O) groups is 2. The van der Waals surface area contributed by atoms with Gasteiger partial charge in [-0.2, -0.15) is 0 Å². The molecule has 0 unspecified atom stereocenters. The van der Waals surface area contributed by atoms with Crippen molar-refractivity contribution in [3.05, 3.63) is 0 Å². The van der Waals surface area contributed by atoms with Gasteiger partial charge in [-0.3, -0.25) is 14.9 Å². The number of hydrogen-bond acceptors (Lipinski definition) is 2. The number of amides is 2. The smallest absolute Gasteiger partial charge is 0.227 e. The van der Waals surface area contributed by atoms with Gasteiger partial charge in [0.05, 0.1) is 0 Å². The number of nitrogens with one attached hydrogen (secondary N) is 1. The molecule has 1 heterocycles. The molecule has 12 heavy (non-hydrogen) atoms. The van der Waals surface area contributed by atoms with E-state index in [9.17, 15) is 9.59 Å². The van der Waals surface area contributed by atoms with E-state index in [1.54, 1.807) is 0 Å². The van der Waals surface area contributed by atoms with Gasteiger partial charge in [0, 0.05) is 40.1 Å². The molecule has 3 nitrogen and oxygen atoms in total. The van der Waals surface area contributed by atoms with Crippen LogP contribution >= 0.6 is 0 Å². The Labute approximate surface area is 92.4 Å². The normalized spacial score (nSPS) is 21.2. The second-order valence-corrected chi connectivity index (χ2v) is 3.49. The summed E-state index contributed by atoms with van der Waals surface area (Å²) in [6.07, 6.45) is 1.84. The van der Waals surface area contributed by atoms with E-state index in [0.717, 1.165) is 6.42 Å². The second kappa shape index (κ2) is 4.34. The van der Waals surface area contributed by atoms with E-state index >= 15 is 0 Å². The third kappa shape index (κ3) is 2.84. The van der Waals surface area contributed by atoms with Crippen molar-refractivity contribution < 1.29 is 9.59 Å². The van der Waals surface area contributed by atoms with Crippen LogP contribution in [0.4, 0.5) is 0 Å². The fraction of sp³-hybridized carbons (Fsp3) is 0.750. The molecule has 0 saturated carbocycles. The van der Waals surface area contributed by atoms with Crippen molar-refractivity contribution in [1.82, 2.24) is 5.32 Å². The molecule has 0 aromatic carbocycles. The molecular weight excluding hydrogens is 346 g/mol. The first-order chi connectivity index (χ1) is 5.06. The van der Waals surface area contributed by atoms with Gasteiger partial charge in [-0.15, -0.1) is 0 Å². The van der Waals surface area contributed by atoms with Gasteiger partial charge in [0.15, 0.2) is 0 Å². The van der Waals surface area contributed by atoms with E-state index in [2.05, 4.69) is 5.32 Å². The summed E-state index contributed by atoms with van der Waals surface area (Å²) in [4.78, 5) is 21.8. The fourth-order valence-corrected chi connectivity index (χ4v) is 1.33. The zero-order chi connectivity index (χ0) is 8.48. The molecule has 1 fully saturated rings. The van der Waals surface area contributed by atoms with Gasteiger partial charge >= 0.3 is 0 Å². The first-order valence-corrected chi connectivity index (χ1v) is 3.88. The van der Waals surface area contributed by atoms with Gasteiger partial charge in [-0.05, 0) is 11.8 Å². The van der Waals surface area contributed by atoms with Crippen molar-refractivity contribution >= 4 is 39.1 Å². The van der Waals surface area contributed by atoms with E-state index in [4.69, 9.17) is 0 Å². The molecule has 0 aromatic heterocycles. The first kappa shape index (κ1) is 12.1. The summed E-state index contributed by atoms with van der Waals surface area (Å²) in [5.41, 5.74) is -0.0978. The summed E-state index contributed by atoms with van der Waals surface area (Å²) in [6.45, 7) is 3.98. The molecule has 4 heteroatoms. The van der Waals surface area contributed by atoms with Gasteiger partial charge in [0.25, 0.3) is 0 Å². The Hall–Kier alpha value is 0.0621. The summed E-state index contributed by atoms with van der Waals surface area (Å²) in [6, 6.07) is 0. The minimum Gasteiger partial charge on any atom is -0.296 e. The summed E-state index contributed by atoms with van der Waals surface area (Å²) in [7, 11) is 0. The third-order valence-electron chi connectivity index (χ3n) is 2.31. The van der Waals surface area contributed by atoms with Crippen LogP contribution in [-0.4, -0.2) is 39.1 Å². The number of imide groups is 1. The minimum absolute atomic E-state index is 0. The van der Waals surface area contributed by atoms with Crippen molar-refractivity contribution in [3.8, 4) is 0 Å². The quantitative estimate of drug-likeness (QED) is 0.546. The molecule has 0 aromatic rings. The topological polar surface area (TPSA) is 46.2 Å². The standard InChI is InChI=1S/C8H13NO2.Tl/c1-3-8(2)4-6(10)9-7(11)5-8;/h3-5H2,1-2H3,(H,9,10,11);. The zero-order valence-corrected chi connectivity index (χ0v) is 12.0. The maximum absolute atomic E-state index is 10.9. The van der Waals surface area contributed by atoms with Crippen LogP contribution in [0.15, 0.2) is 0 Å². The molecule has 1 N–H and O–H groups in total. The first-order valence-electron chi connectivity index (χ1n) is 3.88. The van der Waals surface area contributed by atoms with E-state index in [-0.39, 0.29) is 44.5 Å². The predicted octanol–water partition coefficient (Wildman–Crippen LogP) is 0.458. The zero-order valence-electron chi connectivity index (χ0n) is 7.52. The Morgan fingerprint density at radius 1 is 1.33 bits per heavy atom. The van der Waals surface area contributed by atoms with Crippen LogP contribution in [0.5, 0.6) is 0 Å². The Morgan fingerprint density at radius 2 is 1.75 bits per heavy atom. The number of hydrogen-bond donors (Lipinski definition) is 1. The van der Waals surface area contributed by atoms with Crippen LogP contribution in [-0.2, 0) is 9.59 Å². The van der Waals surface area contributed by atoms with Gasteiger partial charge in [-0.1, -0.05) is 13.8 Å². The number of carbonyl (C=O) groups excluding carboxylic acids is 2. The van der Waals surface area contributed by atoms with Crippen LogP contribution in [0.1, 0.15) is 33.1 Å². The predicted molar refractivity (Wildman–Crippen MR) is 46.5 cm³/mol. The Balaban J connectivity index is 0.00000121. The summed E-state index contributed by atoms with van der Waals surface area (Å²) >= 11 is 0. The Morgan fingerprint density at radius 3 is 2.08 bits per heavy atom. The largest absolute Gasteiger partial charge is 0.296 e. The average Bonchev–Trinajstić information content (AvgIpc) is 1.84. The van der Waals surface area contributed by atoms with E-state index in [1.165, 1.54) is 0 Å². The van der Waals surface area contributed by atoms with Crippen molar-refractivity contribution in [1.29, 1.82) is 0 Å². The molecule has 1 rings (SSSR count). The van der Waals surface area contributed by atoms with Crippen LogP contribution in [0.3, 0.4) is 0 Å². The SMILES string of the molecule is CCC1(C)CC(=O)NC(=O)C1.[Tl]. The van der Waals surface area contributed by atoms with Crippen LogP contribution < -0.4 is 5.32 Å². The molecule has 1 aliphatic heterocycles. The molecular formula is C8H13NO2Tl. The summed E-state index contributed by atoms with van der Waals surface area (Å²) in [5.74, 6) is -0.267. The second-order valence-electron chi connectivity index (χ2n) is 3.49. The number of piperidine rings is 1. The Bertz CT molecular complexity index is 187. The average molecular weight is 360 g/mol. The molecule has 1 saturated heterocycles. The minimum atomic E-state index is -0.134. The van der Waals surface area contributed by atoms with Crippen molar-refractivity contribution in [3.63, 3.8) is 0 Å². The molecule has 0 atom stereocenters. The van der Waals surface area contributed by atoms with Gasteiger partial charge in [0.2, 0.25) is 11.8 Å². The van der Waals surface area contributed by atoms with E-state index in [1.807, 2.05) is 13.8 Å². The number of rotatable bonds is 1. The maximum atomic E-state index is 10.9. The van der Waals surface area contributed by atoms with Gasteiger partial charge < -0.3 is 0 Å². The molecule has 0 aliphatic carbocycles. The Kier molecular flexibility index (Phi) is 4.36. The molecule has 0 spiro atoms. The van der Waals surface area contributed by atoms with Gasteiger partial charge in [-0.25, -0.2) is 0 Å². The van der Waals surface area contributed by atoms with Crippen molar-refractivity contribution in [2.75, 3.05) is 0 Å². The third-order valence-corrected chi connectivity index (χ3v) is 2.31. The van der Waals surface area contributed by atoms with E-state index in [0.29, 0.717) is 12.8 Å². The van der Waals surface area contributed by atoms with Crippen molar-refractivity contribution in [2.24, 2.45) is 5.41 Å². The van der Waals surface area contributed by atoms with Crippen LogP contribution in [0.2, 0.25) is 0 Å². The van der Waals surface area contributed by atoms with Crippen LogP contribution in [0.25, 0.3) is 0 Å². The van der Waals surface area contributed by atoms with Crippen LogP contribution in [0, 0.1) is 5.41 Å². The molecule has 1 aliphatic rings. The molecule has 65 valence electrons. The molecule has 2 amide bonds. The molecule has 1 radical (unpaired) electrons. The summed E-state index contributed by atoms with van der Waals surface area (Å²) in [5, 5.41) is 2.29. The van der Waals surface area contributed by atoms with E-state index < -0.39 is 0 Å². The van der Waals surface area contributed by atoms with Gasteiger partial charge in [0.1, 0.15) is 0 Å².